The summed E-state index contributed by atoms with van der Waals surface area (Å²) >= 11 is 6.10. The molecule has 2 rings (SSSR count). The molecule has 1 fully saturated rings. The molecular formula is C17H24ClN3O3. The van der Waals surface area contributed by atoms with E-state index in [-0.39, 0.29) is 18.7 Å². The maximum absolute atomic E-state index is 11.7. The Kier molecular flexibility index (Phi) is 6.73. The van der Waals surface area contributed by atoms with Gasteiger partial charge in [0.05, 0.1) is 0 Å². The van der Waals surface area contributed by atoms with E-state index in [1.165, 1.54) is 0 Å². The molecule has 0 saturated carbocycles. The van der Waals surface area contributed by atoms with Gasteiger partial charge in [0.25, 0.3) is 0 Å². The highest BCUT2D eigenvalue weighted by molar-refractivity contribution is 6.32. The number of ether oxygens (including phenoxy) is 1. The molecule has 7 heteroatoms. The summed E-state index contributed by atoms with van der Waals surface area (Å²) in [6.07, 6.45) is 2.33. The van der Waals surface area contributed by atoms with E-state index in [1.54, 1.807) is 0 Å². The lowest BCUT2D eigenvalue weighted by molar-refractivity contribution is -0.127. The van der Waals surface area contributed by atoms with E-state index in [0.29, 0.717) is 25.3 Å². The molecule has 0 radical (unpaired) electrons. The van der Waals surface area contributed by atoms with Crippen molar-refractivity contribution in [2.24, 2.45) is 0 Å². The van der Waals surface area contributed by atoms with E-state index in [4.69, 9.17) is 16.3 Å². The zero-order valence-electron chi connectivity index (χ0n) is 14.2. The Morgan fingerprint density at radius 3 is 2.62 bits per heavy atom. The number of nitrogens with zero attached hydrogens (tertiary/aromatic N) is 1. The van der Waals surface area contributed by atoms with Crippen LogP contribution >= 0.6 is 11.6 Å². The molecule has 2 N–H and O–H groups in total. The van der Waals surface area contributed by atoms with Crippen molar-refractivity contribution in [3.05, 3.63) is 28.3 Å². The van der Waals surface area contributed by atoms with Gasteiger partial charge in [-0.2, -0.15) is 0 Å². The summed E-state index contributed by atoms with van der Waals surface area (Å²) < 4.78 is 5.51. The van der Waals surface area contributed by atoms with E-state index >= 15 is 0 Å². The summed E-state index contributed by atoms with van der Waals surface area (Å²) in [5.74, 6) is 0.878. The van der Waals surface area contributed by atoms with Crippen LogP contribution in [-0.2, 0) is 4.79 Å². The molecule has 1 heterocycles. The average Bonchev–Trinajstić information content (AvgIpc) is 2.94. The standard InChI is InChI=1S/C17H24ClN3O3/c1-12-9-14(10-13(2)16(12)18)24-11-20-17(23)19-6-4-8-21-7-3-5-15(21)22/h9-10H,3-8,11H2,1-2H3,(H2,19,20,23). The number of nitrogens with one attached hydrogen (secondary N) is 2. The molecule has 1 aromatic rings. The number of hydrogen-bond acceptors (Lipinski definition) is 3. The fourth-order valence-electron chi connectivity index (χ4n) is 2.65. The van der Waals surface area contributed by atoms with Gasteiger partial charge in [0.2, 0.25) is 5.91 Å². The largest absolute Gasteiger partial charge is 0.473 e. The predicted octanol–water partition coefficient (Wildman–Crippen LogP) is 2.60. The van der Waals surface area contributed by atoms with Crippen LogP contribution in [0.5, 0.6) is 5.75 Å². The van der Waals surface area contributed by atoms with Crippen molar-refractivity contribution >= 4 is 23.5 Å². The summed E-state index contributed by atoms with van der Waals surface area (Å²) in [5, 5.41) is 6.11. The van der Waals surface area contributed by atoms with Gasteiger partial charge in [0.1, 0.15) is 5.75 Å². The Hall–Kier alpha value is -1.95. The number of urea groups is 1. The third kappa shape index (κ3) is 5.30. The Bertz CT molecular complexity index is 584. The normalized spacial score (nSPS) is 14.0. The zero-order valence-corrected chi connectivity index (χ0v) is 14.9. The van der Waals surface area contributed by atoms with Gasteiger partial charge in [-0.3, -0.25) is 4.79 Å². The maximum atomic E-state index is 11.7. The van der Waals surface area contributed by atoms with E-state index in [2.05, 4.69) is 10.6 Å². The predicted molar refractivity (Wildman–Crippen MR) is 93.4 cm³/mol. The average molecular weight is 354 g/mol. The number of carbonyl (C=O) groups is 2. The molecule has 3 amide bonds. The van der Waals surface area contributed by atoms with Crippen molar-refractivity contribution in [3.63, 3.8) is 0 Å². The highest BCUT2D eigenvalue weighted by Crippen LogP contribution is 2.25. The molecule has 0 spiro atoms. The first-order valence-electron chi connectivity index (χ1n) is 8.16. The fraction of sp³-hybridized carbons (Fsp3) is 0.529. The second kappa shape index (κ2) is 8.78. The molecule has 0 atom stereocenters. The van der Waals surface area contributed by atoms with Crippen LogP contribution < -0.4 is 15.4 Å². The monoisotopic (exact) mass is 353 g/mol. The summed E-state index contributed by atoms with van der Waals surface area (Å²) in [6.45, 7) is 5.95. The fourth-order valence-corrected chi connectivity index (χ4v) is 2.76. The number of carbonyl (C=O) groups excluding carboxylic acids is 2. The zero-order chi connectivity index (χ0) is 17.5. The molecule has 1 saturated heterocycles. The highest BCUT2D eigenvalue weighted by Gasteiger charge is 2.18. The summed E-state index contributed by atoms with van der Waals surface area (Å²) in [4.78, 5) is 25.0. The van der Waals surface area contributed by atoms with Gasteiger partial charge in [-0.15, -0.1) is 0 Å². The third-order valence-corrected chi connectivity index (χ3v) is 4.54. The molecule has 24 heavy (non-hydrogen) atoms. The molecule has 0 unspecified atom stereocenters. The minimum absolute atomic E-state index is 0.0803. The Morgan fingerprint density at radius 2 is 2.00 bits per heavy atom. The number of aryl methyl sites for hydroxylation is 2. The first kappa shape index (κ1) is 18.4. The van der Waals surface area contributed by atoms with Crippen LogP contribution in [0.2, 0.25) is 5.02 Å². The molecule has 0 aromatic heterocycles. The van der Waals surface area contributed by atoms with Crippen LogP contribution in [0, 0.1) is 13.8 Å². The molecular weight excluding hydrogens is 330 g/mol. The highest BCUT2D eigenvalue weighted by atomic mass is 35.5. The summed E-state index contributed by atoms with van der Waals surface area (Å²) in [5.41, 5.74) is 1.88. The van der Waals surface area contributed by atoms with Crippen LogP contribution in [0.25, 0.3) is 0 Å². The molecule has 1 aromatic carbocycles. The second-order valence-electron chi connectivity index (χ2n) is 5.93. The molecule has 6 nitrogen and oxygen atoms in total. The summed E-state index contributed by atoms with van der Waals surface area (Å²) in [7, 11) is 0. The minimum Gasteiger partial charge on any atom is -0.473 e. The van der Waals surface area contributed by atoms with Gasteiger partial charge in [-0.25, -0.2) is 4.79 Å². The smallest absolute Gasteiger partial charge is 0.317 e. The van der Waals surface area contributed by atoms with E-state index in [9.17, 15) is 9.59 Å². The quantitative estimate of drug-likeness (QED) is 0.584. The Labute approximate surface area is 147 Å². The van der Waals surface area contributed by atoms with Crippen molar-refractivity contribution < 1.29 is 14.3 Å². The number of amides is 3. The van der Waals surface area contributed by atoms with Crippen molar-refractivity contribution in [2.45, 2.75) is 33.1 Å². The van der Waals surface area contributed by atoms with Crippen LogP contribution in [0.3, 0.4) is 0 Å². The third-order valence-electron chi connectivity index (χ3n) is 3.94. The lowest BCUT2D eigenvalue weighted by Crippen LogP contribution is -2.39. The first-order valence-corrected chi connectivity index (χ1v) is 8.54. The van der Waals surface area contributed by atoms with Crippen molar-refractivity contribution in [1.82, 2.24) is 15.5 Å². The maximum Gasteiger partial charge on any atom is 0.317 e. The topological polar surface area (TPSA) is 70.7 Å². The van der Waals surface area contributed by atoms with Crippen LogP contribution in [0.4, 0.5) is 4.79 Å². The van der Waals surface area contributed by atoms with Gasteiger partial charge in [-0.05, 0) is 49.9 Å². The number of hydrogen-bond donors (Lipinski definition) is 2. The van der Waals surface area contributed by atoms with Crippen molar-refractivity contribution in [2.75, 3.05) is 26.4 Å². The minimum atomic E-state index is -0.287. The van der Waals surface area contributed by atoms with Gasteiger partial charge in [-0.1, -0.05) is 11.6 Å². The number of halogens is 1. The van der Waals surface area contributed by atoms with Crippen molar-refractivity contribution in [1.29, 1.82) is 0 Å². The van der Waals surface area contributed by atoms with Gasteiger partial charge in [0.15, 0.2) is 6.73 Å². The van der Waals surface area contributed by atoms with Gasteiger partial charge in [0, 0.05) is 31.1 Å². The second-order valence-corrected chi connectivity index (χ2v) is 6.31. The van der Waals surface area contributed by atoms with Gasteiger partial charge < -0.3 is 20.3 Å². The van der Waals surface area contributed by atoms with E-state index in [1.807, 2.05) is 30.9 Å². The van der Waals surface area contributed by atoms with Gasteiger partial charge >= 0.3 is 6.03 Å². The molecule has 0 bridgehead atoms. The molecule has 132 valence electrons. The first-order chi connectivity index (χ1) is 11.5. The molecule has 1 aliphatic rings. The molecule has 0 aliphatic carbocycles. The Balaban J connectivity index is 1.60. The number of benzene rings is 1. The number of likely N-dealkylation sites (tertiary alicyclic amines) is 1. The Morgan fingerprint density at radius 1 is 1.29 bits per heavy atom. The lowest BCUT2D eigenvalue weighted by Gasteiger charge is -2.15. The van der Waals surface area contributed by atoms with E-state index in [0.717, 1.165) is 35.5 Å². The van der Waals surface area contributed by atoms with Crippen LogP contribution in [0.15, 0.2) is 12.1 Å². The number of rotatable bonds is 7. The van der Waals surface area contributed by atoms with Crippen molar-refractivity contribution in [3.8, 4) is 5.75 Å². The van der Waals surface area contributed by atoms with Crippen LogP contribution in [-0.4, -0.2) is 43.2 Å². The summed E-state index contributed by atoms with van der Waals surface area (Å²) in [6, 6.07) is 3.38. The lowest BCUT2D eigenvalue weighted by atomic mass is 10.1. The van der Waals surface area contributed by atoms with E-state index < -0.39 is 0 Å². The SMILES string of the molecule is Cc1cc(OCNC(=O)NCCCN2CCCC2=O)cc(C)c1Cl. The molecule has 1 aliphatic heterocycles. The van der Waals surface area contributed by atoms with Crippen LogP contribution in [0.1, 0.15) is 30.4 Å².